The molecule has 9 heteroatoms. The summed E-state index contributed by atoms with van der Waals surface area (Å²) in [6, 6.07) is 19.3. The van der Waals surface area contributed by atoms with Crippen molar-refractivity contribution in [3.05, 3.63) is 93.3 Å². The Hall–Kier alpha value is -3.75. The fourth-order valence-corrected chi connectivity index (χ4v) is 4.49. The van der Waals surface area contributed by atoms with E-state index in [2.05, 4.69) is 4.99 Å². The average Bonchev–Trinajstić information content (AvgIpc) is 3.23. The van der Waals surface area contributed by atoms with Crippen molar-refractivity contribution < 1.29 is 24.2 Å². The van der Waals surface area contributed by atoms with Crippen LogP contribution in [0.3, 0.4) is 0 Å². The number of halogens is 1. The van der Waals surface area contributed by atoms with Gasteiger partial charge in [0.1, 0.15) is 6.61 Å². The van der Waals surface area contributed by atoms with Crippen LogP contribution >= 0.6 is 23.4 Å². The van der Waals surface area contributed by atoms with Gasteiger partial charge in [-0.1, -0.05) is 48.0 Å². The zero-order chi connectivity index (χ0) is 24.9. The number of nitrogens with zero attached hydrogens (tertiary/aromatic N) is 2. The highest BCUT2D eigenvalue weighted by atomic mass is 35.5. The topological polar surface area (TPSA) is 88.4 Å². The quantitative estimate of drug-likeness (QED) is 0.407. The molecule has 0 saturated carbocycles. The van der Waals surface area contributed by atoms with Crippen LogP contribution in [0.2, 0.25) is 5.02 Å². The zero-order valence-corrected chi connectivity index (χ0v) is 20.5. The number of hydrogen-bond donors (Lipinski definition) is 1. The number of carbonyl (C=O) groups excluding carboxylic acids is 1. The summed E-state index contributed by atoms with van der Waals surface area (Å²) < 4.78 is 11.4. The van der Waals surface area contributed by atoms with Crippen molar-refractivity contribution in [2.24, 2.45) is 4.99 Å². The van der Waals surface area contributed by atoms with Crippen LogP contribution in [0.5, 0.6) is 11.5 Å². The fourth-order valence-electron chi connectivity index (χ4n) is 3.41. The van der Waals surface area contributed by atoms with Gasteiger partial charge in [-0.3, -0.25) is 4.79 Å². The number of carboxylic acid groups (broad SMARTS) is 1. The van der Waals surface area contributed by atoms with E-state index in [1.807, 2.05) is 24.3 Å². The van der Waals surface area contributed by atoms with Crippen molar-refractivity contribution in [1.82, 2.24) is 0 Å². The highest BCUT2D eigenvalue weighted by molar-refractivity contribution is 8.18. The lowest BCUT2D eigenvalue weighted by Gasteiger charge is -2.19. The monoisotopic (exact) mass is 508 g/mol. The van der Waals surface area contributed by atoms with Gasteiger partial charge in [-0.15, -0.1) is 0 Å². The van der Waals surface area contributed by atoms with E-state index in [0.29, 0.717) is 32.3 Å². The van der Waals surface area contributed by atoms with Crippen molar-refractivity contribution in [3.8, 4) is 11.5 Å². The molecule has 0 radical (unpaired) electrons. The van der Waals surface area contributed by atoms with Crippen LogP contribution in [0, 0.1) is 0 Å². The molecule has 1 N–H and O–H groups in total. The van der Waals surface area contributed by atoms with Crippen molar-refractivity contribution in [2.45, 2.75) is 6.61 Å². The number of amidine groups is 1. The Kier molecular flexibility index (Phi) is 7.43. The normalized spacial score (nSPS) is 14.1. The standard InChI is InChI=1S/C26H21ClN2O5S/c1-29(20-10-6-4-8-18(20)25(31)32)26-28-24(30)23(35-26)14-16-11-12-21(22(13-16)33-2)34-15-17-7-3-5-9-19(17)27/h3-14H,15H2,1-2H3,(H,31,32)/b23-14-. The third-order valence-corrected chi connectivity index (χ3v) is 6.65. The summed E-state index contributed by atoms with van der Waals surface area (Å²) in [7, 11) is 3.22. The molecule has 0 unspecified atom stereocenters. The van der Waals surface area contributed by atoms with Crippen LogP contribution in [0.25, 0.3) is 6.08 Å². The summed E-state index contributed by atoms with van der Waals surface area (Å²) in [6.07, 6.45) is 1.71. The van der Waals surface area contributed by atoms with Crippen LogP contribution in [-0.2, 0) is 11.4 Å². The summed E-state index contributed by atoms with van der Waals surface area (Å²) in [6.45, 7) is 0.284. The lowest BCUT2D eigenvalue weighted by atomic mass is 10.1. The van der Waals surface area contributed by atoms with E-state index in [1.165, 1.54) is 17.8 Å². The average molecular weight is 509 g/mol. The Balaban J connectivity index is 1.51. The molecule has 0 aromatic heterocycles. The van der Waals surface area contributed by atoms with E-state index in [1.54, 1.807) is 61.5 Å². The minimum Gasteiger partial charge on any atom is -0.493 e. The summed E-state index contributed by atoms with van der Waals surface area (Å²) in [5.41, 5.74) is 2.16. The molecule has 0 aliphatic carbocycles. The fraction of sp³-hybridized carbons (Fsp3) is 0.115. The zero-order valence-electron chi connectivity index (χ0n) is 18.9. The Morgan fingerprint density at radius 2 is 1.86 bits per heavy atom. The van der Waals surface area contributed by atoms with Gasteiger partial charge in [0.2, 0.25) is 0 Å². The molecule has 35 heavy (non-hydrogen) atoms. The number of rotatable bonds is 7. The second kappa shape index (κ2) is 10.7. The van der Waals surface area contributed by atoms with Gasteiger partial charge in [0.15, 0.2) is 16.7 Å². The highest BCUT2D eigenvalue weighted by Gasteiger charge is 2.27. The molecule has 0 spiro atoms. The number of thioether (sulfide) groups is 1. The van der Waals surface area contributed by atoms with Crippen LogP contribution in [0.15, 0.2) is 76.6 Å². The predicted octanol–water partition coefficient (Wildman–Crippen LogP) is 5.73. The molecule has 0 atom stereocenters. The first-order valence-corrected chi connectivity index (χ1v) is 11.7. The molecule has 1 heterocycles. The van der Waals surface area contributed by atoms with Gasteiger partial charge >= 0.3 is 5.97 Å². The second-order valence-corrected chi connectivity index (χ2v) is 8.90. The van der Waals surface area contributed by atoms with Gasteiger partial charge in [-0.05, 0) is 53.7 Å². The first-order chi connectivity index (χ1) is 16.9. The van der Waals surface area contributed by atoms with E-state index in [0.717, 1.165) is 11.1 Å². The van der Waals surface area contributed by atoms with Gasteiger partial charge in [-0.2, -0.15) is 4.99 Å². The second-order valence-electron chi connectivity index (χ2n) is 7.48. The van der Waals surface area contributed by atoms with E-state index < -0.39 is 11.9 Å². The van der Waals surface area contributed by atoms with Gasteiger partial charge in [0, 0.05) is 17.6 Å². The third kappa shape index (κ3) is 5.50. The number of hydrogen-bond acceptors (Lipinski definition) is 6. The SMILES string of the molecule is COc1cc(/C=C2\SC(N(C)c3ccccc3C(=O)O)=NC2=O)ccc1OCc1ccccc1Cl. The van der Waals surface area contributed by atoms with Gasteiger partial charge in [0.25, 0.3) is 5.91 Å². The largest absolute Gasteiger partial charge is 0.493 e. The summed E-state index contributed by atoms with van der Waals surface area (Å²) in [4.78, 5) is 30.2. The van der Waals surface area contributed by atoms with E-state index in [-0.39, 0.29) is 12.2 Å². The highest BCUT2D eigenvalue weighted by Crippen LogP contribution is 2.35. The molecule has 0 bridgehead atoms. The summed E-state index contributed by atoms with van der Waals surface area (Å²) in [5.74, 6) is -0.401. The van der Waals surface area contributed by atoms with E-state index in [4.69, 9.17) is 21.1 Å². The Morgan fingerprint density at radius 3 is 2.60 bits per heavy atom. The number of para-hydroxylation sites is 1. The number of carboxylic acids is 1. The number of carbonyl (C=O) groups is 2. The Morgan fingerprint density at radius 1 is 1.11 bits per heavy atom. The van der Waals surface area contributed by atoms with Crippen molar-refractivity contribution in [3.63, 3.8) is 0 Å². The van der Waals surface area contributed by atoms with Crippen LogP contribution in [0.4, 0.5) is 5.69 Å². The van der Waals surface area contributed by atoms with E-state index in [9.17, 15) is 14.7 Å². The predicted molar refractivity (Wildman–Crippen MR) is 139 cm³/mol. The van der Waals surface area contributed by atoms with Crippen LogP contribution in [0.1, 0.15) is 21.5 Å². The first-order valence-electron chi connectivity index (χ1n) is 10.5. The number of methoxy groups -OCH3 is 1. The maximum Gasteiger partial charge on any atom is 0.337 e. The molecule has 3 aromatic carbocycles. The van der Waals surface area contributed by atoms with Gasteiger partial charge in [0.05, 0.1) is 23.3 Å². The first kappa shape index (κ1) is 24.4. The maximum absolute atomic E-state index is 12.6. The maximum atomic E-state index is 12.6. The Labute approximate surface area is 211 Å². The van der Waals surface area contributed by atoms with Crippen molar-refractivity contribution in [2.75, 3.05) is 19.1 Å². The summed E-state index contributed by atoms with van der Waals surface area (Å²) in [5, 5.41) is 10.5. The molecule has 0 saturated heterocycles. The number of aliphatic imine (C=N–C) groups is 1. The molecule has 7 nitrogen and oxygen atoms in total. The molecule has 3 aromatic rings. The van der Waals surface area contributed by atoms with Gasteiger partial charge in [-0.25, -0.2) is 4.79 Å². The minimum absolute atomic E-state index is 0.125. The van der Waals surface area contributed by atoms with E-state index >= 15 is 0 Å². The van der Waals surface area contributed by atoms with Crippen molar-refractivity contribution >= 4 is 52.2 Å². The molecule has 1 aliphatic heterocycles. The number of amides is 1. The number of benzene rings is 3. The van der Waals surface area contributed by atoms with Gasteiger partial charge < -0.3 is 19.5 Å². The summed E-state index contributed by atoms with van der Waals surface area (Å²) >= 11 is 7.37. The molecular formula is C26H21ClN2O5S. The number of anilines is 1. The molecule has 1 amide bonds. The lowest BCUT2D eigenvalue weighted by molar-refractivity contribution is -0.113. The molecule has 4 rings (SSSR count). The molecule has 1 aliphatic rings. The smallest absolute Gasteiger partial charge is 0.337 e. The number of ether oxygens (including phenoxy) is 2. The number of aromatic carboxylic acids is 1. The molecule has 178 valence electrons. The minimum atomic E-state index is -1.05. The molecule has 0 fully saturated rings. The Bertz CT molecular complexity index is 1360. The molecular weight excluding hydrogens is 488 g/mol. The van der Waals surface area contributed by atoms with Crippen molar-refractivity contribution in [1.29, 1.82) is 0 Å². The van der Waals surface area contributed by atoms with Crippen LogP contribution in [-0.4, -0.2) is 36.3 Å². The lowest BCUT2D eigenvalue weighted by Crippen LogP contribution is -2.24. The van der Waals surface area contributed by atoms with Crippen LogP contribution < -0.4 is 14.4 Å². The third-order valence-electron chi connectivity index (χ3n) is 5.22.